The van der Waals surface area contributed by atoms with Crippen molar-refractivity contribution in [3.8, 4) is 0 Å². The monoisotopic (exact) mass is 307 g/mol. The van der Waals surface area contributed by atoms with E-state index in [-0.39, 0.29) is 17.9 Å². The first-order valence-corrected chi connectivity index (χ1v) is 6.42. The molecule has 1 fully saturated rings. The van der Waals surface area contributed by atoms with Crippen molar-refractivity contribution in [1.82, 2.24) is 5.06 Å². The van der Waals surface area contributed by atoms with Crippen molar-refractivity contribution in [2.45, 2.75) is 25.4 Å². The van der Waals surface area contributed by atoms with E-state index >= 15 is 0 Å². The molecule has 8 nitrogen and oxygen atoms in total. The normalized spacial score (nSPS) is 17.7. The molecule has 1 aromatic carbocycles. The molecule has 116 valence electrons. The van der Waals surface area contributed by atoms with Gasteiger partial charge < -0.3 is 15.1 Å². The minimum Gasteiger partial charge on any atom is -0.481 e. The van der Waals surface area contributed by atoms with Crippen LogP contribution in [-0.4, -0.2) is 45.1 Å². The fourth-order valence-corrected chi connectivity index (χ4v) is 1.94. The van der Waals surface area contributed by atoms with Crippen LogP contribution in [0.3, 0.4) is 0 Å². The smallest absolute Gasteiger partial charge is 0.337 e. The Morgan fingerprint density at radius 1 is 1.14 bits per heavy atom. The third kappa shape index (κ3) is 3.67. The first-order valence-electron chi connectivity index (χ1n) is 6.42. The highest BCUT2D eigenvalue weighted by Gasteiger charge is 2.40. The van der Waals surface area contributed by atoms with Crippen LogP contribution in [0.15, 0.2) is 24.3 Å². The number of aliphatic hydroxyl groups is 1. The maximum atomic E-state index is 11.7. The summed E-state index contributed by atoms with van der Waals surface area (Å²) in [4.78, 5) is 49.6. The highest BCUT2D eigenvalue weighted by atomic mass is 16.7. The highest BCUT2D eigenvalue weighted by molar-refractivity contribution is 6.04. The molecule has 0 saturated carbocycles. The number of aliphatic carboxylic acids is 1. The molecule has 2 rings (SSSR count). The molecular weight excluding hydrogens is 294 g/mol. The Balaban J connectivity index is 1.93. The lowest BCUT2D eigenvalue weighted by molar-refractivity contribution is -0.198. The molecule has 1 unspecified atom stereocenters. The van der Waals surface area contributed by atoms with Crippen LogP contribution in [0.4, 0.5) is 0 Å². The van der Waals surface area contributed by atoms with Crippen molar-refractivity contribution >= 4 is 23.8 Å². The zero-order chi connectivity index (χ0) is 16.3. The van der Waals surface area contributed by atoms with Crippen molar-refractivity contribution in [2.24, 2.45) is 0 Å². The van der Waals surface area contributed by atoms with E-state index in [1.807, 2.05) is 0 Å². The zero-order valence-corrected chi connectivity index (χ0v) is 11.4. The molecule has 1 atom stereocenters. The van der Waals surface area contributed by atoms with Crippen molar-refractivity contribution in [3.63, 3.8) is 0 Å². The van der Waals surface area contributed by atoms with Crippen LogP contribution >= 0.6 is 0 Å². The first-order chi connectivity index (χ1) is 10.4. The standard InChI is InChI=1S/C14H13NO7/c16-10-7-11(17)15(14(10)21)22-13(20)6-9-3-1-8(2-4-9)5-12(18)19/h1-4,10,16H,5-7H2,(H,18,19). The summed E-state index contributed by atoms with van der Waals surface area (Å²) in [5.41, 5.74) is 1.12. The summed E-state index contributed by atoms with van der Waals surface area (Å²) in [7, 11) is 0. The van der Waals surface area contributed by atoms with Gasteiger partial charge in [-0.3, -0.25) is 14.4 Å². The van der Waals surface area contributed by atoms with Gasteiger partial charge in [-0.05, 0) is 11.1 Å². The van der Waals surface area contributed by atoms with E-state index in [0.717, 1.165) is 0 Å². The van der Waals surface area contributed by atoms with Gasteiger partial charge in [0, 0.05) is 0 Å². The summed E-state index contributed by atoms with van der Waals surface area (Å²) >= 11 is 0. The number of nitrogens with zero attached hydrogens (tertiary/aromatic N) is 1. The second-order valence-corrected chi connectivity index (χ2v) is 4.77. The summed E-state index contributed by atoms with van der Waals surface area (Å²) in [6.45, 7) is 0. The quantitative estimate of drug-likeness (QED) is 0.699. The van der Waals surface area contributed by atoms with Crippen LogP contribution in [0.2, 0.25) is 0 Å². The number of amides is 2. The number of carboxylic acids is 1. The molecule has 0 spiro atoms. The number of rotatable bonds is 5. The van der Waals surface area contributed by atoms with Gasteiger partial charge in [0.15, 0.2) is 0 Å². The van der Waals surface area contributed by atoms with Gasteiger partial charge in [0.05, 0.1) is 19.3 Å². The molecule has 0 aromatic heterocycles. The Bertz CT molecular complexity index is 623. The number of hydrogen-bond donors (Lipinski definition) is 2. The average Bonchev–Trinajstić information content (AvgIpc) is 2.67. The summed E-state index contributed by atoms with van der Waals surface area (Å²) in [6.07, 6.45) is -2.20. The van der Waals surface area contributed by atoms with Crippen LogP contribution in [-0.2, 0) is 36.9 Å². The molecule has 1 heterocycles. The van der Waals surface area contributed by atoms with Gasteiger partial charge in [0.2, 0.25) is 0 Å². The minimum absolute atomic E-state index is 0.126. The Kier molecular flexibility index (Phi) is 4.52. The second kappa shape index (κ2) is 6.35. The molecule has 2 amide bonds. The molecule has 1 aliphatic rings. The van der Waals surface area contributed by atoms with Gasteiger partial charge >= 0.3 is 11.9 Å². The lowest BCUT2D eigenvalue weighted by Gasteiger charge is -2.12. The number of hydrogen-bond acceptors (Lipinski definition) is 6. The topological polar surface area (TPSA) is 121 Å². The minimum atomic E-state index is -1.48. The van der Waals surface area contributed by atoms with E-state index in [1.165, 1.54) is 0 Å². The predicted molar refractivity (Wildman–Crippen MR) is 70.1 cm³/mol. The van der Waals surface area contributed by atoms with E-state index in [2.05, 4.69) is 4.84 Å². The van der Waals surface area contributed by atoms with Crippen LogP contribution in [0, 0.1) is 0 Å². The molecule has 1 saturated heterocycles. The lowest BCUT2D eigenvalue weighted by atomic mass is 10.1. The average molecular weight is 307 g/mol. The van der Waals surface area contributed by atoms with E-state index in [1.54, 1.807) is 24.3 Å². The van der Waals surface area contributed by atoms with Crippen molar-refractivity contribution in [1.29, 1.82) is 0 Å². The van der Waals surface area contributed by atoms with E-state index in [4.69, 9.17) is 5.11 Å². The summed E-state index contributed by atoms with van der Waals surface area (Å²) in [6, 6.07) is 6.24. The molecule has 8 heteroatoms. The second-order valence-electron chi connectivity index (χ2n) is 4.77. The highest BCUT2D eigenvalue weighted by Crippen LogP contribution is 2.14. The molecule has 2 N–H and O–H groups in total. The van der Waals surface area contributed by atoms with E-state index in [9.17, 15) is 24.3 Å². The van der Waals surface area contributed by atoms with Gasteiger partial charge in [-0.25, -0.2) is 4.79 Å². The largest absolute Gasteiger partial charge is 0.481 e. The van der Waals surface area contributed by atoms with Gasteiger partial charge in [0.1, 0.15) is 6.10 Å². The Labute approximate surface area is 124 Å². The van der Waals surface area contributed by atoms with Gasteiger partial charge in [0.25, 0.3) is 11.8 Å². The van der Waals surface area contributed by atoms with Gasteiger partial charge in [-0.1, -0.05) is 29.3 Å². The number of carboxylic acid groups (broad SMARTS) is 1. The number of imide groups is 1. The van der Waals surface area contributed by atoms with Crippen LogP contribution in [0.1, 0.15) is 17.5 Å². The SMILES string of the molecule is O=C(O)Cc1ccc(CC(=O)ON2C(=O)CC(O)C2=O)cc1. The van der Waals surface area contributed by atoms with Crippen LogP contribution < -0.4 is 0 Å². The number of aliphatic hydroxyl groups excluding tert-OH is 1. The van der Waals surface area contributed by atoms with Crippen LogP contribution in [0.25, 0.3) is 0 Å². The summed E-state index contributed by atoms with van der Waals surface area (Å²) in [5.74, 6) is -3.53. The maximum absolute atomic E-state index is 11.7. The van der Waals surface area contributed by atoms with Crippen molar-refractivity contribution in [2.75, 3.05) is 0 Å². The van der Waals surface area contributed by atoms with Gasteiger partial charge in [-0.15, -0.1) is 0 Å². The molecule has 1 aromatic rings. The lowest BCUT2D eigenvalue weighted by Crippen LogP contribution is -2.34. The van der Waals surface area contributed by atoms with Crippen LogP contribution in [0.5, 0.6) is 0 Å². The molecule has 0 radical (unpaired) electrons. The number of hydroxylamine groups is 2. The number of benzene rings is 1. The van der Waals surface area contributed by atoms with Crippen molar-refractivity contribution < 1.29 is 34.2 Å². The molecule has 0 bridgehead atoms. The third-order valence-corrected chi connectivity index (χ3v) is 3.00. The van der Waals surface area contributed by atoms with Gasteiger partial charge in [-0.2, -0.15) is 0 Å². The molecular formula is C14H13NO7. The zero-order valence-electron chi connectivity index (χ0n) is 11.4. The maximum Gasteiger partial charge on any atom is 0.337 e. The third-order valence-electron chi connectivity index (χ3n) is 3.00. The number of carbonyl (C=O) groups excluding carboxylic acids is 3. The predicted octanol–water partition coefficient (Wildman–Crippen LogP) is -0.566. The van der Waals surface area contributed by atoms with E-state index in [0.29, 0.717) is 11.1 Å². The number of carbonyl (C=O) groups is 4. The molecule has 22 heavy (non-hydrogen) atoms. The molecule has 0 aliphatic carbocycles. The fraction of sp³-hybridized carbons (Fsp3) is 0.286. The van der Waals surface area contributed by atoms with E-state index < -0.39 is 36.3 Å². The first kappa shape index (κ1) is 15.6. The molecule has 1 aliphatic heterocycles. The Morgan fingerprint density at radius 3 is 2.14 bits per heavy atom. The fourth-order valence-electron chi connectivity index (χ4n) is 1.94. The Morgan fingerprint density at radius 2 is 1.68 bits per heavy atom. The Hall–Kier alpha value is -2.74. The summed E-state index contributed by atoms with van der Waals surface area (Å²) < 4.78 is 0. The van der Waals surface area contributed by atoms with Crippen molar-refractivity contribution in [3.05, 3.63) is 35.4 Å². The summed E-state index contributed by atoms with van der Waals surface area (Å²) in [5, 5.41) is 18.1.